The van der Waals surface area contributed by atoms with E-state index in [1.165, 1.54) is 10.7 Å². The summed E-state index contributed by atoms with van der Waals surface area (Å²) in [5, 5.41) is 19.0. The lowest BCUT2D eigenvalue weighted by atomic mass is 10.2. The summed E-state index contributed by atoms with van der Waals surface area (Å²) in [5.74, 6) is -0.342. The monoisotopic (exact) mass is 344 g/mol. The number of aliphatic hydroxyl groups excluding tert-OH is 1. The van der Waals surface area contributed by atoms with Gasteiger partial charge in [0.2, 0.25) is 5.56 Å². The maximum absolute atomic E-state index is 12.3. The van der Waals surface area contributed by atoms with Crippen molar-refractivity contribution in [3.8, 4) is 10.6 Å². The normalized spacial score (nSPS) is 12.1. The molecule has 0 bridgehead atoms. The van der Waals surface area contributed by atoms with E-state index in [2.05, 4.69) is 15.4 Å². The highest BCUT2D eigenvalue weighted by molar-refractivity contribution is 7.13. The number of aromatic nitrogens is 3. The number of nitrogens with one attached hydrogen (secondary N) is 2. The minimum Gasteiger partial charge on any atom is -0.385 e. The van der Waals surface area contributed by atoms with Gasteiger partial charge in [0.15, 0.2) is 0 Å². The molecule has 0 saturated carbocycles. The fourth-order valence-corrected chi connectivity index (χ4v) is 2.95. The number of nitrogens with zero attached hydrogens (tertiary/aromatic N) is 2. The Bertz CT molecular complexity index is 898. The van der Waals surface area contributed by atoms with E-state index in [0.717, 1.165) is 10.6 Å². The van der Waals surface area contributed by atoms with Crippen LogP contribution in [0.2, 0.25) is 0 Å². The van der Waals surface area contributed by atoms with E-state index in [0.29, 0.717) is 11.4 Å². The minimum absolute atomic E-state index is 0.0156. The number of rotatable bonds is 5. The van der Waals surface area contributed by atoms with Crippen molar-refractivity contribution < 1.29 is 9.90 Å². The first-order valence-corrected chi connectivity index (χ1v) is 8.16. The average molecular weight is 344 g/mol. The maximum atomic E-state index is 12.3. The molecule has 1 amide bonds. The summed E-state index contributed by atoms with van der Waals surface area (Å²) in [6.45, 7) is -0.0156. The zero-order chi connectivity index (χ0) is 17.1. The predicted molar refractivity (Wildman–Crippen MR) is 90.9 cm³/mol. The summed E-state index contributed by atoms with van der Waals surface area (Å²) in [7, 11) is 1.69. The third-order valence-corrected chi connectivity index (χ3v) is 4.38. The highest BCUT2D eigenvalue weighted by atomic mass is 32.1. The smallest absolute Gasteiger partial charge is 0.269 e. The molecule has 1 unspecified atom stereocenters. The Labute approximate surface area is 141 Å². The fraction of sp³-hybridized carbons (Fsp3) is 0.188. The van der Waals surface area contributed by atoms with Crippen molar-refractivity contribution in [2.75, 3.05) is 6.54 Å². The Hall–Kier alpha value is -2.71. The molecule has 8 heteroatoms. The second-order valence-corrected chi connectivity index (χ2v) is 6.16. The van der Waals surface area contributed by atoms with Gasteiger partial charge in [0, 0.05) is 25.4 Å². The molecule has 0 aromatic carbocycles. The Morgan fingerprint density at radius 3 is 2.96 bits per heavy atom. The number of carbonyl (C=O) groups is 1. The quantitative estimate of drug-likeness (QED) is 0.649. The first kappa shape index (κ1) is 16.2. The Morgan fingerprint density at radius 2 is 2.25 bits per heavy atom. The molecule has 0 fully saturated rings. The summed E-state index contributed by atoms with van der Waals surface area (Å²) in [5.41, 5.74) is 1.18. The Kier molecular flexibility index (Phi) is 4.59. The molecule has 1 atom stereocenters. The standard InChI is InChI=1S/C16H16N4O3S/c1-20-12(8-11(19-20)14-5-3-7-24-14)16(23)17-9-13(21)10-4-2-6-15(22)18-10/h2-8,13,21H,9H2,1H3,(H,17,23)(H,18,22). The van der Waals surface area contributed by atoms with E-state index >= 15 is 0 Å². The van der Waals surface area contributed by atoms with Crippen LogP contribution < -0.4 is 10.9 Å². The highest BCUT2D eigenvalue weighted by Crippen LogP contribution is 2.23. The SMILES string of the molecule is Cn1nc(-c2cccs2)cc1C(=O)NCC(O)c1cccc(=O)[nH]1. The van der Waals surface area contributed by atoms with Crippen LogP contribution in [0.15, 0.2) is 46.6 Å². The van der Waals surface area contributed by atoms with Crippen molar-refractivity contribution in [1.29, 1.82) is 0 Å². The number of hydrogen-bond acceptors (Lipinski definition) is 5. The summed E-state index contributed by atoms with van der Waals surface area (Å²) in [6, 6.07) is 10.1. The van der Waals surface area contributed by atoms with E-state index < -0.39 is 6.10 Å². The molecule has 3 N–H and O–H groups in total. The van der Waals surface area contributed by atoms with Crippen LogP contribution in [0, 0.1) is 0 Å². The molecule has 0 aliphatic heterocycles. The lowest BCUT2D eigenvalue weighted by Crippen LogP contribution is -2.30. The van der Waals surface area contributed by atoms with Crippen molar-refractivity contribution in [3.05, 3.63) is 63.5 Å². The molecule has 0 saturated heterocycles. The van der Waals surface area contributed by atoms with Crippen LogP contribution in [0.25, 0.3) is 10.6 Å². The van der Waals surface area contributed by atoms with E-state index in [1.807, 2.05) is 17.5 Å². The van der Waals surface area contributed by atoms with Crippen molar-refractivity contribution in [2.45, 2.75) is 6.10 Å². The summed E-state index contributed by atoms with van der Waals surface area (Å²) >= 11 is 1.55. The molecule has 124 valence electrons. The number of H-pyrrole nitrogens is 1. The maximum Gasteiger partial charge on any atom is 0.269 e. The first-order chi connectivity index (χ1) is 11.5. The Balaban J connectivity index is 1.68. The van der Waals surface area contributed by atoms with Crippen molar-refractivity contribution >= 4 is 17.2 Å². The van der Waals surface area contributed by atoms with Crippen molar-refractivity contribution in [2.24, 2.45) is 7.05 Å². The number of hydrogen-bond donors (Lipinski definition) is 3. The largest absolute Gasteiger partial charge is 0.385 e. The molecule has 24 heavy (non-hydrogen) atoms. The number of thiophene rings is 1. The van der Waals surface area contributed by atoms with Gasteiger partial charge >= 0.3 is 0 Å². The third kappa shape index (κ3) is 3.44. The molecule has 0 radical (unpaired) electrons. The van der Waals surface area contributed by atoms with Gasteiger partial charge in [-0.1, -0.05) is 12.1 Å². The Morgan fingerprint density at radius 1 is 1.42 bits per heavy atom. The molecular weight excluding hydrogens is 328 g/mol. The van der Waals surface area contributed by atoms with Crippen LogP contribution >= 0.6 is 11.3 Å². The number of pyridine rings is 1. The lowest BCUT2D eigenvalue weighted by molar-refractivity contribution is 0.0904. The second-order valence-electron chi connectivity index (χ2n) is 5.21. The summed E-state index contributed by atoms with van der Waals surface area (Å²) < 4.78 is 1.50. The van der Waals surface area contributed by atoms with Crippen molar-refractivity contribution in [1.82, 2.24) is 20.1 Å². The zero-order valence-corrected chi connectivity index (χ0v) is 13.7. The molecule has 7 nitrogen and oxygen atoms in total. The van der Waals surface area contributed by atoms with Gasteiger partial charge in [-0.2, -0.15) is 5.10 Å². The predicted octanol–water partition coefficient (Wildman–Crippen LogP) is 1.30. The van der Waals surface area contributed by atoms with E-state index in [4.69, 9.17) is 0 Å². The fourth-order valence-electron chi connectivity index (χ4n) is 2.27. The number of aliphatic hydroxyl groups is 1. The molecule has 0 aliphatic carbocycles. The number of amides is 1. The van der Waals surface area contributed by atoms with Gasteiger partial charge in [-0.05, 0) is 23.6 Å². The van der Waals surface area contributed by atoms with Gasteiger partial charge in [0.25, 0.3) is 5.91 Å². The van der Waals surface area contributed by atoms with Gasteiger partial charge in [-0.15, -0.1) is 11.3 Å². The molecule has 0 aliphatic rings. The van der Waals surface area contributed by atoms with Crippen LogP contribution in [-0.2, 0) is 7.05 Å². The topological polar surface area (TPSA) is 100 Å². The highest BCUT2D eigenvalue weighted by Gasteiger charge is 2.16. The molecular formula is C16H16N4O3S. The van der Waals surface area contributed by atoms with E-state index in [-0.39, 0.29) is 18.0 Å². The third-order valence-electron chi connectivity index (χ3n) is 3.49. The number of aryl methyl sites for hydroxylation is 1. The van der Waals surface area contributed by atoms with Crippen LogP contribution in [-0.4, -0.2) is 32.3 Å². The summed E-state index contributed by atoms with van der Waals surface area (Å²) in [6.07, 6.45) is -0.993. The molecule has 3 aromatic heterocycles. The van der Waals surface area contributed by atoms with Crippen molar-refractivity contribution in [3.63, 3.8) is 0 Å². The molecule has 3 rings (SSSR count). The first-order valence-electron chi connectivity index (χ1n) is 7.28. The van der Waals surface area contributed by atoms with Crippen LogP contribution in [0.3, 0.4) is 0 Å². The molecule has 0 spiro atoms. The lowest BCUT2D eigenvalue weighted by Gasteiger charge is -2.11. The number of aromatic amines is 1. The van der Waals surface area contributed by atoms with Crippen LogP contribution in [0.5, 0.6) is 0 Å². The van der Waals surface area contributed by atoms with Crippen LogP contribution in [0.4, 0.5) is 0 Å². The van der Waals surface area contributed by atoms with E-state index in [1.54, 1.807) is 36.6 Å². The average Bonchev–Trinajstić information content (AvgIpc) is 3.21. The van der Waals surface area contributed by atoms with E-state index in [9.17, 15) is 14.7 Å². The van der Waals surface area contributed by atoms with Crippen LogP contribution in [0.1, 0.15) is 22.3 Å². The van der Waals surface area contributed by atoms with Gasteiger partial charge in [0.05, 0.1) is 4.88 Å². The number of carbonyl (C=O) groups excluding carboxylic acids is 1. The summed E-state index contributed by atoms with van der Waals surface area (Å²) in [4.78, 5) is 27.1. The van der Waals surface area contributed by atoms with Gasteiger partial charge in [-0.3, -0.25) is 14.3 Å². The van der Waals surface area contributed by atoms with Gasteiger partial charge in [-0.25, -0.2) is 0 Å². The second kappa shape index (κ2) is 6.81. The van der Waals surface area contributed by atoms with Gasteiger partial charge in [0.1, 0.15) is 17.5 Å². The zero-order valence-electron chi connectivity index (χ0n) is 12.9. The molecule has 3 heterocycles. The minimum atomic E-state index is -0.993. The molecule has 3 aromatic rings. The van der Waals surface area contributed by atoms with Gasteiger partial charge < -0.3 is 15.4 Å².